The molecule has 4 nitrogen and oxygen atoms in total. The van der Waals surface area contributed by atoms with Crippen LogP contribution in [0.5, 0.6) is 0 Å². The molecule has 132 valence electrons. The van der Waals surface area contributed by atoms with Gasteiger partial charge in [0.05, 0.1) is 5.56 Å². The van der Waals surface area contributed by atoms with Crippen molar-refractivity contribution in [1.82, 2.24) is 0 Å². The highest BCUT2D eigenvalue weighted by Crippen LogP contribution is 2.23. The van der Waals surface area contributed by atoms with E-state index in [0.717, 1.165) is 29.7 Å². The Kier molecular flexibility index (Phi) is 6.28. The average Bonchev–Trinajstić information content (AvgIpc) is 2.62. The molecule has 0 heterocycles. The maximum atomic E-state index is 12.9. The predicted molar refractivity (Wildman–Crippen MR) is 95.1 cm³/mol. The number of rotatable bonds is 6. The molecule has 2 aromatic rings. The highest BCUT2D eigenvalue weighted by molar-refractivity contribution is 5.98. The van der Waals surface area contributed by atoms with Gasteiger partial charge in [-0.15, -0.1) is 0 Å². The number of anilines is 1. The number of aryl methyl sites for hydroxylation is 2. The summed E-state index contributed by atoms with van der Waals surface area (Å²) in [4.78, 5) is 24.5. The summed E-state index contributed by atoms with van der Waals surface area (Å²) < 4.78 is 18.1. The van der Waals surface area contributed by atoms with E-state index in [9.17, 15) is 14.0 Å². The van der Waals surface area contributed by atoms with E-state index in [4.69, 9.17) is 4.74 Å². The molecule has 1 amide bonds. The van der Waals surface area contributed by atoms with Crippen molar-refractivity contribution in [2.24, 2.45) is 0 Å². The summed E-state index contributed by atoms with van der Waals surface area (Å²) in [5, 5.41) is 2.87. The van der Waals surface area contributed by atoms with E-state index in [1.165, 1.54) is 31.2 Å². The lowest BCUT2D eigenvalue weighted by molar-refractivity contribution is -0.123. The second-order valence-corrected chi connectivity index (χ2v) is 5.70. The summed E-state index contributed by atoms with van der Waals surface area (Å²) in [7, 11) is 0. The van der Waals surface area contributed by atoms with Crippen molar-refractivity contribution in [1.29, 1.82) is 0 Å². The first kappa shape index (κ1) is 18.6. The van der Waals surface area contributed by atoms with Crippen LogP contribution in [-0.2, 0) is 22.4 Å². The summed E-state index contributed by atoms with van der Waals surface area (Å²) in [6.07, 6.45) is 0.604. The molecule has 0 aliphatic heterocycles. The summed E-state index contributed by atoms with van der Waals surface area (Å²) in [5.74, 6) is -1.50. The number of esters is 1. The molecule has 0 saturated carbocycles. The van der Waals surface area contributed by atoms with Gasteiger partial charge in [0, 0.05) is 5.69 Å². The van der Waals surface area contributed by atoms with Crippen LogP contribution >= 0.6 is 0 Å². The molecule has 0 aliphatic carbocycles. The Morgan fingerprint density at radius 1 is 1.04 bits per heavy atom. The van der Waals surface area contributed by atoms with E-state index in [1.807, 2.05) is 32.0 Å². The summed E-state index contributed by atoms with van der Waals surface area (Å²) >= 11 is 0. The number of hydrogen-bond acceptors (Lipinski definition) is 3. The van der Waals surface area contributed by atoms with Crippen LogP contribution in [0.2, 0.25) is 0 Å². The first-order valence-corrected chi connectivity index (χ1v) is 8.34. The number of para-hydroxylation sites is 1. The van der Waals surface area contributed by atoms with Gasteiger partial charge in [0.15, 0.2) is 6.10 Å². The molecule has 0 aliphatic rings. The lowest BCUT2D eigenvalue weighted by atomic mass is 10.0. The van der Waals surface area contributed by atoms with E-state index in [2.05, 4.69) is 5.32 Å². The number of carbonyl (C=O) groups excluding carboxylic acids is 2. The van der Waals surface area contributed by atoms with Crippen LogP contribution in [0.25, 0.3) is 0 Å². The summed E-state index contributed by atoms with van der Waals surface area (Å²) in [6.45, 7) is 5.54. The Bertz CT molecular complexity index is 734. The molecule has 5 heteroatoms. The normalized spacial score (nSPS) is 11.7. The summed E-state index contributed by atoms with van der Waals surface area (Å²) in [5.41, 5.74) is 3.04. The molecule has 0 fully saturated rings. The minimum atomic E-state index is -0.966. The fourth-order valence-corrected chi connectivity index (χ4v) is 2.50. The SMILES string of the molecule is CCc1cccc(CC)c1NC(=O)[C@@H](C)OC(=O)c1ccc(F)cc1. The average molecular weight is 343 g/mol. The van der Waals surface area contributed by atoms with Gasteiger partial charge in [0.2, 0.25) is 0 Å². The number of halogens is 1. The van der Waals surface area contributed by atoms with E-state index >= 15 is 0 Å². The van der Waals surface area contributed by atoms with Crippen molar-refractivity contribution in [2.75, 3.05) is 5.32 Å². The highest BCUT2D eigenvalue weighted by Gasteiger charge is 2.20. The van der Waals surface area contributed by atoms with Gasteiger partial charge in [-0.25, -0.2) is 9.18 Å². The molecule has 0 saturated heterocycles. The first-order chi connectivity index (χ1) is 12.0. The zero-order chi connectivity index (χ0) is 18.4. The Balaban J connectivity index is 2.08. The van der Waals surface area contributed by atoms with Crippen LogP contribution in [0.1, 0.15) is 42.3 Å². The van der Waals surface area contributed by atoms with Crippen molar-refractivity contribution in [3.63, 3.8) is 0 Å². The Hall–Kier alpha value is -2.69. The number of benzene rings is 2. The van der Waals surface area contributed by atoms with Gasteiger partial charge in [-0.05, 0) is 55.2 Å². The zero-order valence-corrected chi connectivity index (χ0v) is 14.6. The third-order valence-corrected chi connectivity index (χ3v) is 3.98. The molecular formula is C20H22FNO3. The Labute approximate surface area is 147 Å². The number of amides is 1. The second kappa shape index (κ2) is 8.42. The summed E-state index contributed by atoms with van der Waals surface area (Å²) in [6, 6.07) is 10.9. The monoisotopic (exact) mass is 343 g/mol. The second-order valence-electron chi connectivity index (χ2n) is 5.70. The molecular weight excluding hydrogens is 321 g/mol. The minimum absolute atomic E-state index is 0.198. The maximum Gasteiger partial charge on any atom is 0.338 e. The van der Waals surface area contributed by atoms with Crippen molar-refractivity contribution in [2.45, 2.75) is 39.7 Å². The van der Waals surface area contributed by atoms with Crippen molar-refractivity contribution >= 4 is 17.6 Å². The maximum absolute atomic E-state index is 12.9. The largest absolute Gasteiger partial charge is 0.449 e. The Morgan fingerprint density at radius 3 is 2.12 bits per heavy atom. The number of carbonyl (C=O) groups is 2. The van der Waals surface area contributed by atoms with E-state index in [0.29, 0.717) is 0 Å². The van der Waals surface area contributed by atoms with E-state index in [-0.39, 0.29) is 5.56 Å². The zero-order valence-electron chi connectivity index (χ0n) is 14.6. The van der Waals surface area contributed by atoms with Gasteiger partial charge in [0.1, 0.15) is 5.82 Å². The molecule has 0 aromatic heterocycles. The lowest BCUT2D eigenvalue weighted by Crippen LogP contribution is -2.30. The predicted octanol–water partition coefficient (Wildman–Crippen LogP) is 4.13. The van der Waals surface area contributed by atoms with Gasteiger partial charge >= 0.3 is 5.97 Å². The highest BCUT2D eigenvalue weighted by atomic mass is 19.1. The smallest absolute Gasteiger partial charge is 0.338 e. The fourth-order valence-electron chi connectivity index (χ4n) is 2.50. The van der Waals surface area contributed by atoms with Crippen LogP contribution in [0, 0.1) is 5.82 Å². The molecule has 0 spiro atoms. The van der Waals surface area contributed by atoms with Crippen molar-refractivity contribution in [3.8, 4) is 0 Å². The van der Waals surface area contributed by atoms with Crippen LogP contribution < -0.4 is 5.32 Å². The number of nitrogens with one attached hydrogen (secondary N) is 1. The van der Waals surface area contributed by atoms with Crippen LogP contribution in [-0.4, -0.2) is 18.0 Å². The quantitative estimate of drug-likeness (QED) is 0.802. The van der Waals surface area contributed by atoms with E-state index in [1.54, 1.807) is 0 Å². The lowest BCUT2D eigenvalue weighted by Gasteiger charge is -2.17. The van der Waals surface area contributed by atoms with Crippen LogP contribution in [0.4, 0.5) is 10.1 Å². The molecule has 0 radical (unpaired) electrons. The van der Waals surface area contributed by atoms with Crippen LogP contribution in [0.3, 0.4) is 0 Å². The molecule has 25 heavy (non-hydrogen) atoms. The number of hydrogen-bond donors (Lipinski definition) is 1. The third kappa shape index (κ3) is 4.66. The van der Waals surface area contributed by atoms with Gasteiger partial charge < -0.3 is 10.1 Å². The molecule has 0 bridgehead atoms. The topological polar surface area (TPSA) is 55.4 Å². The van der Waals surface area contributed by atoms with E-state index < -0.39 is 23.8 Å². The first-order valence-electron chi connectivity index (χ1n) is 8.34. The Morgan fingerprint density at radius 2 is 1.60 bits per heavy atom. The molecule has 2 rings (SSSR count). The molecule has 1 atom stereocenters. The van der Waals surface area contributed by atoms with Crippen molar-refractivity contribution < 1.29 is 18.7 Å². The standard InChI is InChI=1S/C20H22FNO3/c1-4-14-7-6-8-15(5-2)18(14)22-19(23)13(3)25-20(24)16-9-11-17(21)12-10-16/h6-13H,4-5H2,1-3H3,(H,22,23)/t13-/m1/s1. The minimum Gasteiger partial charge on any atom is -0.449 e. The van der Waals surface area contributed by atoms with Gasteiger partial charge in [0.25, 0.3) is 5.91 Å². The van der Waals surface area contributed by atoms with Gasteiger partial charge in [-0.1, -0.05) is 32.0 Å². The molecule has 2 aromatic carbocycles. The van der Waals surface area contributed by atoms with Gasteiger partial charge in [-0.2, -0.15) is 0 Å². The third-order valence-electron chi connectivity index (χ3n) is 3.98. The fraction of sp³-hybridized carbons (Fsp3) is 0.300. The van der Waals surface area contributed by atoms with Gasteiger partial charge in [-0.3, -0.25) is 4.79 Å². The van der Waals surface area contributed by atoms with Crippen molar-refractivity contribution in [3.05, 3.63) is 65.0 Å². The molecule has 0 unspecified atom stereocenters. The van der Waals surface area contributed by atoms with Crippen LogP contribution in [0.15, 0.2) is 42.5 Å². The number of ether oxygens (including phenoxy) is 1. The molecule has 1 N–H and O–H groups in total.